The van der Waals surface area contributed by atoms with Crippen LogP contribution in [0.15, 0.2) is 28.2 Å². The normalized spacial score (nSPS) is 12.7. The van der Waals surface area contributed by atoms with Crippen LogP contribution in [-0.4, -0.2) is 5.11 Å². The SMILES string of the molecule is C=C(Cl)CC(O)c1ccc(CCCC)o1. The molecule has 1 rings (SSSR count). The summed E-state index contributed by atoms with van der Waals surface area (Å²) in [5.41, 5.74) is 0. The lowest BCUT2D eigenvalue weighted by molar-refractivity contribution is 0.150. The van der Waals surface area contributed by atoms with Gasteiger partial charge in [0, 0.05) is 17.9 Å². The van der Waals surface area contributed by atoms with Crippen molar-refractivity contribution in [3.63, 3.8) is 0 Å². The molecule has 0 aromatic carbocycles. The average molecular weight is 229 g/mol. The monoisotopic (exact) mass is 228 g/mol. The molecule has 0 bridgehead atoms. The summed E-state index contributed by atoms with van der Waals surface area (Å²) in [6, 6.07) is 3.71. The lowest BCUT2D eigenvalue weighted by Crippen LogP contribution is -1.94. The Balaban J connectivity index is 2.54. The summed E-state index contributed by atoms with van der Waals surface area (Å²) >= 11 is 5.62. The van der Waals surface area contributed by atoms with Gasteiger partial charge >= 0.3 is 0 Å². The van der Waals surface area contributed by atoms with Crippen LogP contribution in [0, 0.1) is 0 Å². The first-order valence-electron chi connectivity index (χ1n) is 5.23. The third kappa shape index (κ3) is 4.10. The Hall–Kier alpha value is -0.730. The Labute approximate surface area is 95.6 Å². The number of hydrogen-bond donors (Lipinski definition) is 1. The van der Waals surface area contributed by atoms with Crippen LogP contribution in [0.4, 0.5) is 0 Å². The second-order valence-electron chi connectivity index (χ2n) is 3.64. The quantitative estimate of drug-likeness (QED) is 0.804. The van der Waals surface area contributed by atoms with Gasteiger partial charge in [0.05, 0.1) is 0 Å². The van der Waals surface area contributed by atoms with Gasteiger partial charge in [0.1, 0.15) is 17.6 Å². The fourth-order valence-corrected chi connectivity index (χ4v) is 1.52. The maximum atomic E-state index is 9.69. The molecule has 84 valence electrons. The smallest absolute Gasteiger partial charge is 0.133 e. The number of aliphatic hydroxyl groups is 1. The van der Waals surface area contributed by atoms with Crippen molar-refractivity contribution < 1.29 is 9.52 Å². The van der Waals surface area contributed by atoms with E-state index in [-0.39, 0.29) is 0 Å². The van der Waals surface area contributed by atoms with Crippen LogP contribution < -0.4 is 0 Å². The summed E-state index contributed by atoms with van der Waals surface area (Å²) in [5.74, 6) is 1.49. The van der Waals surface area contributed by atoms with Crippen molar-refractivity contribution in [2.75, 3.05) is 0 Å². The van der Waals surface area contributed by atoms with Gasteiger partial charge in [-0.3, -0.25) is 0 Å². The zero-order chi connectivity index (χ0) is 11.3. The Morgan fingerprint density at radius 3 is 2.93 bits per heavy atom. The summed E-state index contributed by atoms with van der Waals surface area (Å²) in [5, 5.41) is 10.1. The second-order valence-corrected chi connectivity index (χ2v) is 4.18. The molecule has 1 aromatic heterocycles. The number of hydrogen-bond acceptors (Lipinski definition) is 2. The van der Waals surface area contributed by atoms with E-state index in [1.54, 1.807) is 6.07 Å². The Kier molecular flexibility index (Phi) is 4.92. The van der Waals surface area contributed by atoms with Crippen LogP contribution in [0.1, 0.15) is 43.8 Å². The lowest BCUT2D eigenvalue weighted by Gasteiger charge is -2.05. The molecule has 1 aromatic rings. The molecule has 3 heteroatoms. The Bertz CT molecular complexity index is 317. The predicted octanol–water partition coefficient (Wildman–Crippen LogP) is 3.80. The van der Waals surface area contributed by atoms with Gasteiger partial charge in [0.25, 0.3) is 0 Å². The highest BCUT2D eigenvalue weighted by molar-refractivity contribution is 6.29. The van der Waals surface area contributed by atoms with Gasteiger partial charge in [-0.1, -0.05) is 31.5 Å². The molecule has 0 fully saturated rings. The average Bonchev–Trinajstić information content (AvgIpc) is 2.62. The van der Waals surface area contributed by atoms with Crippen LogP contribution in [-0.2, 0) is 6.42 Å². The zero-order valence-electron chi connectivity index (χ0n) is 9.00. The van der Waals surface area contributed by atoms with E-state index in [0.717, 1.165) is 25.0 Å². The summed E-state index contributed by atoms with van der Waals surface area (Å²) in [7, 11) is 0. The van der Waals surface area contributed by atoms with E-state index in [1.807, 2.05) is 6.07 Å². The molecule has 1 unspecified atom stereocenters. The predicted molar refractivity (Wildman–Crippen MR) is 61.9 cm³/mol. The number of aryl methyl sites for hydroxylation is 1. The lowest BCUT2D eigenvalue weighted by atomic mass is 10.2. The molecule has 0 aliphatic rings. The van der Waals surface area contributed by atoms with E-state index in [0.29, 0.717) is 17.2 Å². The Morgan fingerprint density at radius 2 is 2.33 bits per heavy atom. The van der Waals surface area contributed by atoms with Crippen molar-refractivity contribution in [3.05, 3.63) is 35.3 Å². The number of unbranched alkanes of at least 4 members (excludes halogenated alkanes) is 1. The highest BCUT2D eigenvalue weighted by Gasteiger charge is 2.12. The number of halogens is 1. The third-order valence-electron chi connectivity index (χ3n) is 2.20. The van der Waals surface area contributed by atoms with E-state index in [4.69, 9.17) is 16.0 Å². The highest BCUT2D eigenvalue weighted by atomic mass is 35.5. The van der Waals surface area contributed by atoms with Gasteiger partial charge in [-0.05, 0) is 18.6 Å². The maximum absolute atomic E-state index is 9.69. The molecule has 15 heavy (non-hydrogen) atoms. The molecule has 0 aliphatic carbocycles. The minimum atomic E-state index is -0.676. The van der Waals surface area contributed by atoms with Crippen LogP contribution >= 0.6 is 11.6 Å². The minimum Gasteiger partial charge on any atom is -0.463 e. The van der Waals surface area contributed by atoms with Crippen molar-refractivity contribution >= 4 is 11.6 Å². The van der Waals surface area contributed by atoms with E-state index in [2.05, 4.69) is 13.5 Å². The molecule has 0 saturated carbocycles. The van der Waals surface area contributed by atoms with Crippen LogP contribution in [0.25, 0.3) is 0 Å². The van der Waals surface area contributed by atoms with Crippen molar-refractivity contribution in [1.82, 2.24) is 0 Å². The fourth-order valence-electron chi connectivity index (χ4n) is 1.37. The van der Waals surface area contributed by atoms with E-state index in [1.165, 1.54) is 0 Å². The standard InChI is InChI=1S/C12H17ClO2/c1-3-4-5-10-6-7-12(15-10)11(14)8-9(2)13/h6-7,11,14H,2-5,8H2,1H3. The second kappa shape index (κ2) is 5.99. The van der Waals surface area contributed by atoms with Gasteiger partial charge in [-0.15, -0.1) is 0 Å². The fraction of sp³-hybridized carbons (Fsp3) is 0.500. The Morgan fingerprint density at radius 1 is 1.60 bits per heavy atom. The number of furan rings is 1. The maximum Gasteiger partial charge on any atom is 0.133 e. The molecule has 0 spiro atoms. The van der Waals surface area contributed by atoms with Crippen LogP contribution in [0.2, 0.25) is 0 Å². The van der Waals surface area contributed by atoms with Crippen molar-refractivity contribution in [1.29, 1.82) is 0 Å². The molecule has 1 N–H and O–H groups in total. The van der Waals surface area contributed by atoms with Crippen LogP contribution in [0.5, 0.6) is 0 Å². The van der Waals surface area contributed by atoms with Crippen LogP contribution in [0.3, 0.4) is 0 Å². The molecular weight excluding hydrogens is 212 g/mol. The first-order chi connectivity index (χ1) is 7.13. The summed E-state index contributed by atoms with van der Waals surface area (Å²) < 4.78 is 5.50. The van der Waals surface area contributed by atoms with Gasteiger partial charge < -0.3 is 9.52 Å². The molecule has 0 aliphatic heterocycles. The topological polar surface area (TPSA) is 33.4 Å². The number of aliphatic hydroxyl groups excluding tert-OH is 1. The minimum absolute atomic E-state index is 0.336. The van der Waals surface area contributed by atoms with Crippen molar-refractivity contribution in [2.45, 2.75) is 38.7 Å². The van der Waals surface area contributed by atoms with E-state index < -0.39 is 6.10 Å². The highest BCUT2D eigenvalue weighted by Crippen LogP contribution is 2.24. The zero-order valence-corrected chi connectivity index (χ0v) is 9.76. The van der Waals surface area contributed by atoms with Gasteiger partial charge in [0.2, 0.25) is 0 Å². The number of rotatable bonds is 6. The molecule has 2 nitrogen and oxygen atoms in total. The molecule has 0 amide bonds. The largest absolute Gasteiger partial charge is 0.463 e. The van der Waals surface area contributed by atoms with Gasteiger partial charge in [0.15, 0.2) is 0 Å². The first kappa shape index (κ1) is 12.3. The molecule has 1 heterocycles. The van der Waals surface area contributed by atoms with E-state index in [9.17, 15) is 5.11 Å². The van der Waals surface area contributed by atoms with Gasteiger partial charge in [-0.2, -0.15) is 0 Å². The molecule has 1 atom stereocenters. The first-order valence-corrected chi connectivity index (χ1v) is 5.61. The van der Waals surface area contributed by atoms with Gasteiger partial charge in [-0.25, -0.2) is 0 Å². The molecular formula is C12H17ClO2. The van der Waals surface area contributed by atoms with E-state index >= 15 is 0 Å². The van der Waals surface area contributed by atoms with Crippen molar-refractivity contribution in [3.8, 4) is 0 Å². The molecule has 0 saturated heterocycles. The molecule has 0 radical (unpaired) electrons. The summed E-state index contributed by atoms with van der Waals surface area (Å²) in [4.78, 5) is 0. The van der Waals surface area contributed by atoms with Crippen molar-refractivity contribution in [2.24, 2.45) is 0 Å². The third-order valence-corrected chi connectivity index (χ3v) is 2.36. The summed E-state index contributed by atoms with van der Waals surface area (Å²) in [6.07, 6.45) is 2.82. The summed E-state index contributed by atoms with van der Waals surface area (Å²) in [6.45, 7) is 5.68.